The van der Waals surface area contributed by atoms with Crippen molar-refractivity contribution in [3.63, 3.8) is 0 Å². The minimum atomic E-state index is -0.247. The molecule has 0 bridgehead atoms. The minimum absolute atomic E-state index is 0.180. The van der Waals surface area contributed by atoms with Crippen molar-refractivity contribution in [3.05, 3.63) is 66.1 Å². The zero-order chi connectivity index (χ0) is 13.9. The maximum Gasteiger partial charge on any atom is 0.134 e. The fourth-order valence-corrected chi connectivity index (χ4v) is 2.12. The molecule has 4 heteroatoms. The fraction of sp³-hybridized carbons (Fsp3) is 0.0625. The van der Waals surface area contributed by atoms with Crippen LogP contribution in [0.2, 0.25) is 0 Å². The number of aromatic nitrogens is 1. The van der Waals surface area contributed by atoms with Gasteiger partial charge >= 0.3 is 0 Å². The number of phenolic OH excluding ortho intramolecular Hbond substituents is 1. The minimum Gasteiger partial charge on any atom is -0.508 e. The van der Waals surface area contributed by atoms with Crippen LogP contribution in [0.4, 0.5) is 10.2 Å². The van der Waals surface area contributed by atoms with E-state index >= 15 is 0 Å². The molecular formula is C16H13FN2O. The molecule has 0 aliphatic carbocycles. The van der Waals surface area contributed by atoms with Crippen molar-refractivity contribution in [2.45, 2.75) is 6.54 Å². The highest BCUT2D eigenvalue weighted by Crippen LogP contribution is 2.25. The number of rotatable bonds is 3. The molecule has 0 saturated heterocycles. The number of nitrogens with one attached hydrogen (secondary N) is 1. The van der Waals surface area contributed by atoms with Crippen molar-refractivity contribution in [2.24, 2.45) is 0 Å². The predicted octanol–water partition coefficient (Wildman–Crippen LogP) is 3.69. The average molecular weight is 268 g/mol. The molecule has 0 aliphatic rings. The van der Waals surface area contributed by atoms with Crippen molar-refractivity contribution < 1.29 is 9.50 Å². The summed E-state index contributed by atoms with van der Waals surface area (Å²) in [6.45, 7) is 0.342. The molecule has 2 aromatic carbocycles. The number of nitrogens with zero attached hydrogens (tertiary/aromatic N) is 1. The lowest BCUT2D eigenvalue weighted by molar-refractivity contribution is 0.476. The average Bonchev–Trinajstić information content (AvgIpc) is 2.46. The molecule has 100 valence electrons. The van der Waals surface area contributed by atoms with E-state index in [1.165, 1.54) is 6.07 Å². The molecule has 3 aromatic rings. The van der Waals surface area contributed by atoms with E-state index in [9.17, 15) is 9.50 Å². The highest BCUT2D eigenvalue weighted by atomic mass is 19.1. The van der Waals surface area contributed by atoms with E-state index in [4.69, 9.17) is 0 Å². The number of hydrogen-bond acceptors (Lipinski definition) is 3. The molecule has 0 atom stereocenters. The highest BCUT2D eigenvalue weighted by Gasteiger charge is 2.05. The lowest BCUT2D eigenvalue weighted by Gasteiger charge is -2.09. The van der Waals surface area contributed by atoms with Crippen molar-refractivity contribution in [3.8, 4) is 5.75 Å². The Morgan fingerprint density at radius 2 is 1.95 bits per heavy atom. The quantitative estimate of drug-likeness (QED) is 0.761. The van der Waals surface area contributed by atoms with Crippen molar-refractivity contribution >= 4 is 16.6 Å². The Bertz CT molecular complexity index is 758. The largest absolute Gasteiger partial charge is 0.508 e. The third-order valence-electron chi connectivity index (χ3n) is 3.15. The number of fused-ring (bicyclic) bond motifs is 1. The van der Waals surface area contributed by atoms with E-state index < -0.39 is 0 Å². The molecular weight excluding hydrogens is 255 g/mol. The molecule has 1 aromatic heterocycles. The van der Waals surface area contributed by atoms with Crippen LogP contribution in [-0.2, 0) is 6.54 Å². The Labute approximate surface area is 115 Å². The molecule has 0 fully saturated rings. The summed E-state index contributed by atoms with van der Waals surface area (Å²) in [5, 5.41) is 14.5. The second kappa shape index (κ2) is 5.17. The third kappa shape index (κ3) is 2.40. The Balaban J connectivity index is 1.91. The summed E-state index contributed by atoms with van der Waals surface area (Å²) in [6, 6.07) is 13.6. The van der Waals surface area contributed by atoms with Gasteiger partial charge in [-0.3, -0.25) is 0 Å². The van der Waals surface area contributed by atoms with E-state index in [0.717, 1.165) is 10.8 Å². The number of aromatic hydroxyl groups is 1. The first-order valence-corrected chi connectivity index (χ1v) is 6.29. The SMILES string of the molecule is Oc1ccc2ccnc(NCc3ccccc3F)c2c1. The van der Waals surface area contributed by atoms with E-state index in [-0.39, 0.29) is 11.6 Å². The van der Waals surface area contributed by atoms with Gasteiger partial charge in [-0.15, -0.1) is 0 Å². The lowest BCUT2D eigenvalue weighted by Crippen LogP contribution is -2.03. The smallest absolute Gasteiger partial charge is 0.134 e. The van der Waals surface area contributed by atoms with Crippen LogP contribution >= 0.6 is 0 Å². The summed E-state index contributed by atoms with van der Waals surface area (Å²) in [5.41, 5.74) is 0.575. The first-order chi connectivity index (χ1) is 9.74. The van der Waals surface area contributed by atoms with Crippen LogP contribution in [0.3, 0.4) is 0 Å². The molecule has 2 N–H and O–H groups in total. The number of benzene rings is 2. The summed E-state index contributed by atoms with van der Waals surface area (Å²) in [4.78, 5) is 4.25. The number of pyridine rings is 1. The van der Waals surface area contributed by atoms with Crippen LogP contribution in [0.1, 0.15) is 5.56 Å². The molecule has 3 nitrogen and oxygen atoms in total. The van der Waals surface area contributed by atoms with Crippen LogP contribution in [0.15, 0.2) is 54.7 Å². The van der Waals surface area contributed by atoms with Gasteiger partial charge in [0.25, 0.3) is 0 Å². The molecule has 0 saturated carbocycles. The van der Waals surface area contributed by atoms with Gasteiger partial charge in [-0.05, 0) is 29.7 Å². The molecule has 3 rings (SSSR count). The first-order valence-electron chi connectivity index (χ1n) is 6.29. The summed E-state index contributed by atoms with van der Waals surface area (Å²) < 4.78 is 13.6. The summed E-state index contributed by atoms with van der Waals surface area (Å²) >= 11 is 0. The zero-order valence-corrected chi connectivity index (χ0v) is 10.7. The van der Waals surface area contributed by atoms with Crippen LogP contribution < -0.4 is 5.32 Å². The Morgan fingerprint density at radius 3 is 2.80 bits per heavy atom. The first kappa shape index (κ1) is 12.4. The summed E-state index contributed by atoms with van der Waals surface area (Å²) in [7, 11) is 0. The normalized spacial score (nSPS) is 10.7. The Kier molecular flexibility index (Phi) is 3.21. The number of phenols is 1. The number of halogens is 1. The predicted molar refractivity (Wildman–Crippen MR) is 77.1 cm³/mol. The molecule has 0 spiro atoms. The van der Waals surface area contributed by atoms with Gasteiger partial charge in [-0.2, -0.15) is 0 Å². The van der Waals surface area contributed by atoms with Gasteiger partial charge in [-0.25, -0.2) is 9.37 Å². The molecule has 0 aliphatic heterocycles. The highest BCUT2D eigenvalue weighted by molar-refractivity contribution is 5.92. The number of hydrogen-bond donors (Lipinski definition) is 2. The fourth-order valence-electron chi connectivity index (χ4n) is 2.12. The van der Waals surface area contributed by atoms with Crippen LogP contribution in [0.5, 0.6) is 5.75 Å². The Morgan fingerprint density at radius 1 is 1.10 bits per heavy atom. The van der Waals surface area contributed by atoms with Gasteiger partial charge < -0.3 is 10.4 Å². The van der Waals surface area contributed by atoms with E-state index in [0.29, 0.717) is 17.9 Å². The molecule has 0 unspecified atom stereocenters. The molecule has 0 amide bonds. The lowest BCUT2D eigenvalue weighted by atomic mass is 10.1. The second-order valence-corrected chi connectivity index (χ2v) is 4.51. The Hall–Kier alpha value is -2.62. The zero-order valence-electron chi connectivity index (χ0n) is 10.7. The maximum atomic E-state index is 13.6. The van der Waals surface area contributed by atoms with E-state index in [2.05, 4.69) is 10.3 Å². The molecule has 0 radical (unpaired) electrons. The maximum absolute atomic E-state index is 13.6. The number of anilines is 1. The summed E-state index contributed by atoms with van der Waals surface area (Å²) in [6.07, 6.45) is 1.68. The third-order valence-corrected chi connectivity index (χ3v) is 3.15. The van der Waals surface area contributed by atoms with Gasteiger partial charge in [-0.1, -0.05) is 24.3 Å². The van der Waals surface area contributed by atoms with Crippen molar-refractivity contribution in [2.75, 3.05) is 5.32 Å². The van der Waals surface area contributed by atoms with E-state index in [1.54, 1.807) is 36.5 Å². The van der Waals surface area contributed by atoms with Crippen LogP contribution in [0, 0.1) is 5.82 Å². The van der Waals surface area contributed by atoms with Crippen molar-refractivity contribution in [1.82, 2.24) is 4.98 Å². The van der Waals surface area contributed by atoms with Gasteiger partial charge in [0.15, 0.2) is 0 Å². The second-order valence-electron chi connectivity index (χ2n) is 4.51. The summed E-state index contributed by atoms with van der Waals surface area (Å²) in [5.74, 6) is 0.559. The molecule has 20 heavy (non-hydrogen) atoms. The van der Waals surface area contributed by atoms with Gasteiger partial charge in [0, 0.05) is 23.7 Å². The van der Waals surface area contributed by atoms with Gasteiger partial charge in [0.1, 0.15) is 17.4 Å². The topological polar surface area (TPSA) is 45.2 Å². The van der Waals surface area contributed by atoms with E-state index in [1.807, 2.05) is 12.1 Å². The van der Waals surface area contributed by atoms with Crippen LogP contribution in [0.25, 0.3) is 10.8 Å². The molecule has 1 heterocycles. The van der Waals surface area contributed by atoms with Gasteiger partial charge in [0.05, 0.1) is 0 Å². The monoisotopic (exact) mass is 268 g/mol. The van der Waals surface area contributed by atoms with Gasteiger partial charge in [0.2, 0.25) is 0 Å². The van der Waals surface area contributed by atoms with Crippen LogP contribution in [-0.4, -0.2) is 10.1 Å². The van der Waals surface area contributed by atoms with Crippen molar-refractivity contribution in [1.29, 1.82) is 0 Å². The standard InChI is InChI=1S/C16H13FN2O/c17-15-4-2-1-3-12(15)10-19-16-14-9-13(20)6-5-11(14)7-8-18-16/h1-9,20H,10H2,(H,18,19).